The Morgan fingerprint density at radius 3 is 2.73 bits per heavy atom. The highest BCUT2D eigenvalue weighted by molar-refractivity contribution is 5.79. The second-order valence-electron chi connectivity index (χ2n) is 3.60. The molecule has 1 aromatic carbocycles. The summed E-state index contributed by atoms with van der Waals surface area (Å²) in [6, 6.07) is 5.79. The molecular weight excluding hydrogens is 190 g/mol. The van der Waals surface area contributed by atoms with E-state index >= 15 is 0 Å². The van der Waals surface area contributed by atoms with Gasteiger partial charge in [-0.25, -0.2) is 0 Å². The second kappa shape index (κ2) is 3.55. The van der Waals surface area contributed by atoms with Crippen molar-refractivity contribution in [3.05, 3.63) is 34.1 Å². The molecule has 4 heteroatoms. The number of hydrogen-bond acceptors (Lipinski definition) is 2. The van der Waals surface area contributed by atoms with Gasteiger partial charge >= 0.3 is 0 Å². The summed E-state index contributed by atoms with van der Waals surface area (Å²) < 4.78 is 3.60. The van der Waals surface area contributed by atoms with Crippen molar-refractivity contribution in [2.24, 2.45) is 12.8 Å². The fraction of sp³-hybridized carbons (Fsp3) is 0.364. The van der Waals surface area contributed by atoms with E-state index in [1.807, 2.05) is 36.9 Å². The fourth-order valence-corrected chi connectivity index (χ4v) is 1.92. The second-order valence-corrected chi connectivity index (χ2v) is 3.60. The molecule has 0 fully saturated rings. The van der Waals surface area contributed by atoms with Gasteiger partial charge in [0.25, 0.3) is 5.56 Å². The van der Waals surface area contributed by atoms with Gasteiger partial charge in [0.05, 0.1) is 10.9 Å². The first-order valence-electron chi connectivity index (χ1n) is 5.07. The van der Waals surface area contributed by atoms with Crippen molar-refractivity contribution in [3.63, 3.8) is 0 Å². The normalized spacial score (nSPS) is 11.1. The maximum absolute atomic E-state index is 11.9. The molecule has 2 aromatic rings. The summed E-state index contributed by atoms with van der Waals surface area (Å²) in [7, 11) is 1.90. The van der Waals surface area contributed by atoms with Crippen LogP contribution in [0, 0.1) is 0 Å². The predicted octanol–water partition coefficient (Wildman–Crippen LogP) is 0.819. The minimum absolute atomic E-state index is 0.0605. The van der Waals surface area contributed by atoms with Crippen molar-refractivity contribution in [1.29, 1.82) is 0 Å². The molecule has 0 aliphatic heterocycles. The lowest BCUT2D eigenvalue weighted by molar-refractivity contribution is 0.532. The monoisotopic (exact) mass is 205 g/mol. The zero-order valence-electron chi connectivity index (χ0n) is 9.03. The van der Waals surface area contributed by atoms with E-state index in [0.29, 0.717) is 13.1 Å². The number of fused-ring (bicyclic) bond motifs is 1. The summed E-state index contributed by atoms with van der Waals surface area (Å²) >= 11 is 0. The molecule has 2 rings (SSSR count). The minimum Gasteiger partial charge on any atom is -0.326 e. The Morgan fingerprint density at radius 2 is 2.13 bits per heavy atom. The van der Waals surface area contributed by atoms with Crippen molar-refractivity contribution in [1.82, 2.24) is 9.36 Å². The Hall–Kier alpha value is -1.55. The van der Waals surface area contributed by atoms with Crippen LogP contribution in [-0.2, 0) is 20.1 Å². The number of aryl methyl sites for hydroxylation is 1. The summed E-state index contributed by atoms with van der Waals surface area (Å²) in [5.74, 6) is 0. The van der Waals surface area contributed by atoms with Gasteiger partial charge < -0.3 is 5.73 Å². The Kier molecular flexibility index (Phi) is 2.36. The number of rotatable bonds is 2. The third kappa shape index (κ3) is 1.37. The molecular formula is C11H15N3O. The van der Waals surface area contributed by atoms with Gasteiger partial charge in [0.1, 0.15) is 0 Å². The van der Waals surface area contributed by atoms with E-state index in [1.54, 1.807) is 4.68 Å². The minimum atomic E-state index is 0.0605. The zero-order chi connectivity index (χ0) is 11.0. The van der Waals surface area contributed by atoms with Crippen molar-refractivity contribution in [2.45, 2.75) is 20.0 Å². The van der Waals surface area contributed by atoms with Crippen molar-refractivity contribution in [3.8, 4) is 0 Å². The summed E-state index contributed by atoms with van der Waals surface area (Å²) in [5.41, 5.74) is 7.56. The van der Waals surface area contributed by atoms with Crippen molar-refractivity contribution >= 4 is 10.9 Å². The molecule has 0 saturated heterocycles. The van der Waals surface area contributed by atoms with Gasteiger partial charge in [0, 0.05) is 20.1 Å². The molecule has 0 radical (unpaired) electrons. The van der Waals surface area contributed by atoms with Gasteiger partial charge in [-0.05, 0) is 24.6 Å². The van der Waals surface area contributed by atoms with E-state index in [0.717, 1.165) is 16.5 Å². The lowest BCUT2D eigenvalue weighted by atomic mass is 10.1. The molecule has 0 saturated carbocycles. The van der Waals surface area contributed by atoms with Gasteiger partial charge in [-0.1, -0.05) is 6.07 Å². The maximum atomic E-state index is 11.9. The van der Waals surface area contributed by atoms with E-state index in [-0.39, 0.29) is 5.56 Å². The smallest absolute Gasteiger partial charge is 0.274 e. The highest BCUT2D eigenvalue weighted by Gasteiger charge is 2.08. The molecule has 2 N–H and O–H groups in total. The van der Waals surface area contributed by atoms with Crippen LogP contribution in [0.4, 0.5) is 0 Å². The molecule has 1 aromatic heterocycles. The van der Waals surface area contributed by atoms with Crippen molar-refractivity contribution in [2.75, 3.05) is 0 Å². The summed E-state index contributed by atoms with van der Waals surface area (Å²) in [6.07, 6.45) is 0. The third-order valence-electron chi connectivity index (χ3n) is 2.77. The molecule has 0 amide bonds. The molecule has 0 spiro atoms. The summed E-state index contributed by atoms with van der Waals surface area (Å²) in [6.45, 7) is 3.11. The number of aromatic nitrogens is 2. The van der Waals surface area contributed by atoms with E-state index in [4.69, 9.17) is 5.73 Å². The molecule has 0 bridgehead atoms. The molecule has 0 unspecified atom stereocenters. The Bertz CT molecular complexity index is 551. The fourth-order valence-electron chi connectivity index (χ4n) is 1.92. The quantitative estimate of drug-likeness (QED) is 0.789. The first-order chi connectivity index (χ1) is 7.19. The first kappa shape index (κ1) is 9.98. The number of nitrogens with two attached hydrogens (primary N) is 1. The zero-order valence-corrected chi connectivity index (χ0v) is 9.03. The van der Waals surface area contributed by atoms with Crippen molar-refractivity contribution < 1.29 is 0 Å². The Balaban J connectivity index is 2.84. The topological polar surface area (TPSA) is 52.9 Å². The van der Waals surface area contributed by atoms with E-state index in [2.05, 4.69) is 0 Å². The highest BCUT2D eigenvalue weighted by Crippen LogP contribution is 2.12. The Morgan fingerprint density at radius 1 is 1.40 bits per heavy atom. The van der Waals surface area contributed by atoms with Crippen LogP contribution < -0.4 is 11.3 Å². The van der Waals surface area contributed by atoms with E-state index in [1.165, 1.54) is 0 Å². The lowest BCUT2D eigenvalue weighted by Crippen LogP contribution is -2.19. The van der Waals surface area contributed by atoms with Crippen LogP contribution in [0.5, 0.6) is 0 Å². The van der Waals surface area contributed by atoms with Gasteiger partial charge in [0.2, 0.25) is 0 Å². The Labute approximate surface area is 87.9 Å². The number of benzene rings is 1. The molecule has 1 heterocycles. The summed E-state index contributed by atoms with van der Waals surface area (Å²) in [5, 5.41) is 0.752. The first-order valence-corrected chi connectivity index (χ1v) is 5.07. The predicted molar refractivity (Wildman–Crippen MR) is 60.7 cm³/mol. The van der Waals surface area contributed by atoms with Crippen LogP contribution in [0.3, 0.4) is 0 Å². The highest BCUT2D eigenvalue weighted by atomic mass is 16.1. The lowest BCUT2D eigenvalue weighted by Gasteiger charge is -2.03. The van der Waals surface area contributed by atoms with Gasteiger partial charge in [-0.3, -0.25) is 14.2 Å². The van der Waals surface area contributed by atoms with Gasteiger partial charge in [-0.15, -0.1) is 0 Å². The molecule has 0 atom stereocenters. The number of hydrogen-bond donors (Lipinski definition) is 1. The maximum Gasteiger partial charge on any atom is 0.274 e. The summed E-state index contributed by atoms with van der Waals surface area (Å²) in [4.78, 5) is 11.9. The molecule has 80 valence electrons. The molecule has 0 aliphatic carbocycles. The van der Waals surface area contributed by atoms with Crippen LogP contribution >= 0.6 is 0 Å². The largest absolute Gasteiger partial charge is 0.326 e. The van der Waals surface area contributed by atoms with E-state index < -0.39 is 0 Å². The average molecular weight is 205 g/mol. The third-order valence-corrected chi connectivity index (χ3v) is 2.77. The van der Waals surface area contributed by atoms with Crippen LogP contribution in [0.1, 0.15) is 12.5 Å². The van der Waals surface area contributed by atoms with Gasteiger partial charge in [0.15, 0.2) is 0 Å². The van der Waals surface area contributed by atoms with E-state index in [9.17, 15) is 4.79 Å². The standard InChI is InChI=1S/C11H15N3O/c1-3-14-11(15)9-6-8(7-12)4-5-10(9)13(14)2/h4-6H,3,7,12H2,1-2H3. The number of nitrogens with zero attached hydrogens (tertiary/aromatic N) is 2. The molecule has 4 nitrogen and oxygen atoms in total. The van der Waals surface area contributed by atoms with Crippen LogP contribution in [0.15, 0.2) is 23.0 Å². The van der Waals surface area contributed by atoms with Crippen LogP contribution in [-0.4, -0.2) is 9.36 Å². The molecule has 15 heavy (non-hydrogen) atoms. The SMILES string of the molecule is CCn1c(=O)c2cc(CN)ccc2n1C. The van der Waals surface area contributed by atoms with Crippen LogP contribution in [0.2, 0.25) is 0 Å². The van der Waals surface area contributed by atoms with Gasteiger partial charge in [-0.2, -0.15) is 0 Å². The molecule has 0 aliphatic rings. The van der Waals surface area contributed by atoms with Crippen LogP contribution in [0.25, 0.3) is 10.9 Å². The average Bonchev–Trinajstić information content (AvgIpc) is 2.51.